The Bertz CT molecular complexity index is 701. The highest BCUT2D eigenvalue weighted by Gasteiger charge is 2.37. The summed E-state index contributed by atoms with van der Waals surface area (Å²) in [5, 5.41) is 0. The molecule has 0 unspecified atom stereocenters. The van der Waals surface area contributed by atoms with E-state index in [-0.39, 0.29) is 16.7 Å². The molecule has 2 amide bonds. The van der Waals surface area contributed by atoms with Crippen LogP contribution in [0.3, 0.4) is 0 Å². The van der Waals surface area contributed by atoms with Gasteiger partial charge in [-0.05, 0) is 37.8 Å². The number of piperidine rings is 1. The molecule has 2 aliphatic rings. The summed E-state index contributed by atoms with van der Waals surface area (Å²) in [7, 11) is -3.92. The fraction of sp³-hybridized carbons (Fsp3) is 0.533. The minimum absolute atomic E-state index is 0.0462. The molecule has 1 N–H and O–H groups in total. The Morgan fingerprint density at radius 2 is 2.00 bits per heavy atom. The van der Waals surface area contributed by atoms with Crippen LogP contribution in [0.2, 0.25) is 0 Å². The zero-order chi connectivity index (χ0) is 16.4. The van der Waals surface area contributed by atoms with Crippen molar-refractivity contribution in [3.05, 3.63) is 24.5 Å². The number of pyridine rings is 1. The fourth-order valence-electron chi connectivity index (χ4n) is 2.76. The van der Waals surface area contributed by atoms with E-state index in [4.69, 9.17) is 0 Å². The first-order valence-corrected chi connectivity index (χ1v) is 9.21. The molecule has 7 nitrogen and oxygen atoms in total. The molecule has 1 aromatic heterocycles. The number of hydrogen-bond donors (Lipinski definition) is 1. The number of carbonyl (C=O) groups is 2. The smallest absolute Gasteiger partial charge is 0.265 e. The molecule has 3 rings (SSSR count). The summed E-state index contributed by atoms with van der Waals surface area (Å²) >= 11 is 0. The van der Waals surface area contributed by atoms with Crippen molar-refractivity contribution < 1.29 is 18.0 Å². The second-order valence-corrected chi connectivity index (χ2v) is 7.74. The van der Waals surface area contributed by atoms with Crippen molar-refractivity contribution in [1.29, 1.82) is 0 Å². The number of nitrogens with zero attached hydrogens (tertiary/aromatic N) is 2. The van der Waals surface area contributed by atoms with Gasteiger partial charge in [-0.1, -0.05) is 0 Å². The van der Waals surface area contributed by atoms with E-state index in [1.165, 1.54) is 24.5 Å². The van der Waals surface area contributed by atoms with Crippen LogP contribution in [0.4, 0.5) is 0 Å². The molecule has 1 aliphatic heterocycles. The van der Waals surface area contributed by atoms with Gasteiger partial charge in [-0.25, -0.2) is 13.1 Å². The highest BCUT2D eigenvalue weighted by Crippen LogP contribution is 2.32. The Balaban J connectivity index is 1.64. The monoisotopic (exact) mass is 337 g/mol. The molecule has 8 heteroatoms. The Hall–Kier alpha value is -1.96. The van der Waals surface area contributed by atoms with Crippen LogP contribution in [0, 0.1) is 11.8 Å². The lowest BCUT2D eigenvalue weighted by molar-refractivity contribution is -0.136. The van der Waals surface area contributed by atoms with Gasteiger partial charge in [0.1, 0.15) is 4.90 Å². The average molecular weight is 337 g/mol. The molecule has 2 fully saturated rings. The number of aromatic nitrogens is 1. The number of amides is 2. The molecule has 0 aromatic carbocycles. The van der Waals surface area contributed by atoms with Crippen LogP contribution in [-0.2, 0) is 19.6 Å². The summed E-state index contributed by atoms with van der Waals surface area (Å²) in [4.78, 5) is 29.8. The lowest BCUT2D eigenvalue weighted by Gasteiger charge is -2.32. The highest BCUT2D eigenvalue weighted by atomic mass is 32.2. The maximum absolute atomic E-state index is 12.3. The maximum Gasteiger partial charge on any atom is 0.265 e. The molecule has 1 saturated heterocycles. The summed E-state index contributed by atoms with van der Waals surface area (Å²) < 4.78 is 26.4. The molecule has 0 radical (unpaired) electrons. The van der Waals surface area contributed by atoms with Crippen LogP contribution >= 0.6 is 0 Å². The van der Waals surface area contributed by atoms with Crippen molar-refractivity contribution in [2.75, 3.05) is 13.1 Å². The molecular weight excluding hydrogens is 318 g/mol. The highest BCUT2D eigenvalue weighted by molar-refractivity contribution is 7.90. The van der Waals surface area contributed by atoms with Crippen molar-refractivity contribution in [1.82, 2.24) is 14.6 Å². The first-order valence-electron chi connectivity index (χ1n) is 7.73. The zero-order valence-electron chi connectivity index (χ0n) is 12.6. The van der Waals surface area contributed by atoms with Crippen molar-refractivity contribution >= 4 is 21.8 Å². The summed E-state index contributed by atoms with van der Waals surface area (Å²) in [5.74, 6) is -0.839. The van der Waals surface area contributed by atoms with E-state index in [2.05, 4.69) is 9.71 Å². The van der Waals surface area contributed by atoms with E-state index >= 15 is 0 Å². The summed E-state index contributed by atoms with van der Waals surface area (Å²) in [6.07, 6.45) is 5.79. The van der Waals surface area contributed by atoms with Gasteiger partial charge in [0.05, 0.1) is 5.92 Å². The van der Waals surface area contributed by atoms with Crippen LogP contribution in [0.5, 0.6) is 0 Å². The molecule has 1 aliphatic carbocycles. The lowest BCUT2D eigenvalue weighted by atomic mass is 9.97. The number of hydrogen-bond acceptors (Lipinski definition) is 5. The molecule has 0 spiro atoms. The van der Waals surface area contributed by atoms with Gasteiger partial charge in [-0.15, -0.1) is 0 Å². The third kappa shape index (κ3) is 3.69. The number of rotatable bonds is 4. The number of nitrogens with one attached hydrogen (secondary N) is 1. The molecule has 23 heavy (non-hydrogen) atoms. The first kappa shape index (κ1) is 15.9. The standard InChI is InChI=1S/C15H19N3O4S/c19-14(17-23(21,22)13-4-1-7-16-9-13)12-3-2-8-18(10-12)15(20)11-5-6-11/h1,4,7,9,11-12H,2-3,5-6,8,10H2,(H,17,19)/t12-/m1/s1. The Labute approximate surface area is 135 Å². The van der Waals surface area contributed by atoms with E-state index in [1.54, 1.807) is 4.90 Å². The number of likely N-dealkylation sites (tertiary alicyclic amines) is 1. The van der Waals surface area contributed by atoms with Crippen molar-refractivity contribution in [3.63, 3.8) is 0 Å². The van der Waals surface area contributed by atoms with Gasteiger partial charge >= 0.3 is 0 Å². The van der Waals surface area contributed by atoms with Crippen molar-refractivity contribution in [3.8, 4) is 0 Å². The van der Waals surface area contributed by atoms with Crippen LogP contribution in [-0.4, -0.2) is 43.2 Å². The van der Waals surface area contributed by atoms with E-state index < -0.39 is 21.8 Å². The van der Waals surface area contributed by atoms with E-state index in [0.29, 0.717) is 25.9 Å². The van der Waals surface area contributed by atoms with Gasteiger partial charge in [0.15, 0.2) is 0 Å². The average Bonchev–Trinajstić information content (AvgIpc) is 3.40. The zero-order valence-corrected chi connectivity index (χ0v) is 13.5. The normalized spacial score (nSPS) is 21.7. The fourth-order valence-corrected chi connectivity index (χ4v) is 3.77. The quantitative estimate of drug-likeness (QED) is 0.865. The van der Waals surface area contributed by atoms with Gasteiger partial charge in [-0.2, -0.15) is 0 Å². The van der Waals surface area contributed by atoms with E-state index in [9.17, 15) is 18.0 Å². The second-order valence-electron chi connectivity index (χ2n) is 6.06. The molecule has 124 valence electrons. The lowest BCUT2D eigenvalue weighted by Crippen LogP contribution is -2.47. The molecule has 0 bridgehead atoms. The maximum atomic E-state index is 12.3. The van der Waals surface area contributed by atoms with Crippen molar-refractivity contribution in [2.24, 2.45) is 11.8 Å². The molecule has 1 atom stereocenters. The molecule has 1 saturated carbocycles. The van der Waals surface area contributed by atoms with Crippen LogP contribution in [0.15, 0.2) is 29.4 Å². The van der Waals surface area contributed by atoms with Crippen LogP contribution in [0.1, 0.15) is 25.7 Å². The van der Waals surface area contributed by atoms with Crippen molar-refractivity contribution in [2.45, 2.75) is 30.6 Å². The van der Waals surface area contributed by atoms with Crippen LogP contribution in [0.25, 0.3) is 0 Å². The number of carbonyl (C=O) groups excluding carboxylic acids is 2. The number of sulfonamides is 1. The van der Waals surface area contributed by atoms with Crippen LogP contribution < -0.4 is 4.72 Å². The van der Waals surface area contributed by atoms with Gasteiger partial charge in [0.25, 0.3) is 10.0 Å². The van der Waals surface area contributed by atoms with Gasteiger partial charge in [-0.3, -0.25) is 14.6 Å². The van der Waals surface area contributed by atoms with Gasteiger partial charge in [0.2, 0.25) is 11.8 Å². The molecule has 2 heterocycles. The minimum atomic E-state index is -3.92. The largest absolute Gasteiger partial charge is 0.342 e. The summed E-state index contributed by atoms with van der Waals surface area (Å²) in [6, 6.07) is 2.88. The minimum Gasteiger partial charge on any atom is -0.342 e. The third-order valence-electron chi connectivity index (χ3n) is 4.21. The van der Waals surface area contributed by atoms with E-state index in [1.807, 2.05) is 0 Å². The second kappa shape index (κ2) is 6.27. The Kier molecular flexibility index (Phi) is 4.34. The van der Waals surface area contributed by atoms with Gasteiger partial charge < -0.3 is 4.90 Å². The third-order valence-corrected chi connectivity index (χ3v) is 5.54. The first-order chi connectivity index (χ1) is 11.0. The predicted molar refractivity (Wildman–Crippen MR) is 81.6 cm³/mol. The SMILES string of the molecule is O=C(NS(=O)(=O)c1cccnc1)[C@@H]1CCCN(C(=O)C2CC2)C1. The summed E-state index contributed by atoms with van der Waals surface area (Å²) in [5.41, 5.74) is 0. The van der Waals surface area contributed by atoms with Gasteiger partial charge in [0, 0.05) is 31.4 Å². The predicted octanol–water partition coefficient (Wildman–Crippen LogP) is 0.535. The van der Waals surface area contributed by atoms with E-state index in [0.717, 1.165) is 12.8 Å². The summed E-state index contributed by atoms with van der Waals surface area (Å²) in [6.45, 7) is 0.943. The Morgan fingerprint density at radius 1 is 1.22 bits per heavy atom. The molecule has 1 aromatic rings. The molecular formula is C15H19N3O4S. The Morgan fingerprint density at radius 3 is 2.65 bits per heavy atom. The topological polar surface area (TPSA) is 96.4 Å².